The van der Waals surface area contributed by atoms with Gasteiger partial charge in [-0.2, -0.15) is 0 Å². The van der Waals surface area contributed by atoms with Gasteiger partial charge in [0, 0.05) is 17.6 Å². The lowest BCUT2D eigenvalue weighted by Gasteiger charge is -2.20. The number of fused-ring (bicyclic) bond motifs is 5. The van der Waals surface area contributed by atoms with E-state index in [-0.39, 0.29) is 0 Å². The van der Waals surface area contributed by atoms with Crippen molar-refractivity contribution in [3.05, 3.63) is 59.0 Å². The quantitative estimate of drug-likeness (QED) is 0.449. The van der Waals surface area contributed by atoms with Gasteiger partial charge in [0.1, 0.15) is 17.0 Å². The summed E-state index contributed by atoms with van der Waals surface area (Å²) in [5, 5.41) is 4.80. The molecule has 0 spiro atoms. The minimum absolute atomic E-state index is 0.614. The van der Waals surface area contributed by atoms with E-state index >= 15 is 0 Å². The molecule has 4 nitrogen and oxygen atoms in total. The van der Waals surface area contributed by atoms with Crippen LogP contribution in [0.3, 0.4) is 0 Å². The molecule has 0 radical (unpaired) electrons. The number of anilines is 1. The Labute approximate surface area is 175 Å². The molecule has 5 heteroatoms. The minimum atomic E-state index is 0.614. The maximum Gasteiger partial charge on any atom is 0.147 e. The van der Waals surface area contributed by atoms with Crippen molar-refractivity contribution < 1.29 is 0 Å². The van der Waals surface area contributed by atoms with Crippen molar-refractivity contribution in [3.63, 3.8) is 0 Å². The summed E-state index contributed by atoms with van der Waals surface area (Å²) in [5.74, 6) is 1.53. The van der Waals surface area contributed by atoms with Crippen LogP contribution in [0.1, 0.15) is 49.1 Å². The van der Waals surface area contributed by atoms with Gasteiger partial charge in [-0.25, -0.2) is 15.0 Å². The highest BCUT2D eigenvalue weighted by Crippen LogP contribution is 2.41. The summed E-state index contributed by atoms with van der Waals surface area (Å²) in [5.41, 5.74) is 6.61. The number of thiophene rings is 1. The number of nitrogens with zero attached hydrogens (tertiary/aromatic N) is 3. The second-order valence-corrected chi connectivity index (χ2v) is 9.34. The van der Waals surface area contributed by atoms with Gasteiger partial charge in [-0.1, -0.05) is 44.2 Å². The van der Waals surface area contributed by atoms with Crippen molar-refractivity contribution in [1.82, 2.24) is 15.0 Å². The highest BCUT2D eigenvalue weighted by atomic mass is 32.1. The van der Waals surface area contributed by atoms with Crippen LogP contribution in [0.4, 0.5) is 5.82 Å². The summed E-state index contributed by atoms with van der Waals surface area (Å²) >= 11 is 1.74. The molecule has 0 aliphatic heterocycles. The molecule has 0 atom stereocenters. The van der Waals surface area contributed by atoms with Crippen molar-refractivity contribution in [2.75, 3.05) is 5.32 Å². The van der Waals surface area contributed by atoms with E-state index in [0.29, 0.717) is 5.92 Å². The lowest BCUT2D eigenvalue weighted by molar-refractivity contribution is 0.615. The van der Waals surface area contributed by atoms with Gasteiger partial charge in [-0.15, -0.1) is 11.3 Å². The van der Waals surface area contributed by atoms with Crippen LogP contribution in [-0.4, -0.2) is 15.0 Å². The Balaban J connectivity index is 1.63. The van der Waals surface area contributed by atoms with Crippen LogP contribution in [-0.2, 0) is 25.8 Å². The molecule has 0 amide bonds. The highest BCUT2D eigenvalue weighted by Gasteiger charge is 2.23. The van der Waals surface area contributed by atoms with E-state index < -0.39 is 0 Å². The molecule has 1 N–H and O–H groups in total. The van der Waals surface area contributed by atoms with Crippen LogP contribution in [0.15, 0.2) is 36.7 Å². The fraction of sp³-hybridized carbons (Fsp3) is 0.375. The Morgan fingerprint density at radius 1 is 1.03 bits per heavy atom. The zero-order valence-electron chi connectivity index (χ0n) is 17.0. The number of benzene rings is 1. The molecule has 0 saturated carbocycles. The van der Waals surface area contributed by atoms with Gasteiger partial charge in [0.15, 0.2) is 0 Å². The first-order valence-corrected chi connectivity index (χ1v) is 11.4. The molecular formula is C24H26N4S. The highest BCUT2D eigenvalue weighted by molar-refractivity contribution is 7.26. The summed E-state index contributed by atoms with van der Waals surface area (Å²) in [6.07, 6.45) is 7.57. The van der Waals surface area contributed by atoms with Crippen molar-refractivity contribution in [2.45, 2.75) is 52.5 Å². The molecule has 0 unspecified atom stereocenters. The van der Waals surface area contributed by atoms with Gasteiger partial charge in [0.2, 0.25) is 0 Å². The summed E-state index contributed by atoms with van der Waals surface area (Å²) in [6, 6.07) is 10.4. The first-order valence-electron chi connectivity index (χ1n) is 10.6. The number of nitrogens with one attached hydrogen (secondary N) is 1. The van der Waals surface area contributed by atoms with E-state index in [9.17, 15) is 0 Å². The number of rotatable bonds is 5. The van der Waals surface area contributed by atoms with E-state index in [1.807, 2.05) is 6.07 Å². The predicted molar refractivity (Wildman–Crippen MR) is 122 cm³/mol. The molecule has 0 bridgehead atoms. The lowest BCUT2D eigenvalue weighted by atomic mass is 9.87. The maximum absolute atomic E-state index is 5.15. The van der Waals surface area contributed by atoms with Crippen molar-refractivity contribution in [1.29, 1.82) is 0 Å². The average molecular weight is 403 g/mol. The fourth-order valence-corrected chi connectivity index (χ4v) is 5.55. The van der Waals surface area contributed by atoms with Crippen LogP contribution in [0, 0.1) is 5.92 Å². The first kappa shape index (κ1) is 18.5. The molecule has 0 saturated heterocycles. The summed E-state index contributed by atoms with van der Waals surface area (Å²) in [4.78, 5) is 15.5. The third kappa shape index (κ3) is 3.48. The minimum Gasteiger partial charge on any atom is -0.365 e. The molecule has 5 rings (SSSR count). The largest absolute Gasteiger partial charge is 0.365 e. The van der Waals surface area contributed by atoms with Crippen molar-refractivity contribution in [3.8, 4) is 0 Å². The van der Waals surface area contributed by atoms with Crippen molar-refractivity contribution >= 4 is 37.6 Å². The average Bonchev–Trinajstić information content (AvgIpc) is 3.12. The topological polar surface area (TPSA) is 50.7 Å². The van der Waals surface area contributed by atoms with E-state index in [0.717, 1.165) is 46.7 Å². The second-order valence-electron chi connectivity index (χ2n) is 8.34. The van der Waals surface area contributed by atoms with Crippen LogP contribution in [0.2, 0.25) is 0 Å². The third-order valence-electron chi connectivity index (χ3n) is 5.71. The Morgan fingerprint density at radius 3 is 2.62 bits per heavy atom. The monoisotopic (exact) mass is 402 g/mol. The van der Waals surface area contributed by atoms with E-state index in [4.69, 9.17) is 9.97 Å². The molecular weight excluding hydrogens is 376 g/mol. The summed E-state index contributed by atoms with van der Waals surface area (Å²) < 4.78 is 1.13. The first-order chi connectivity index (χ1) is 14.2. The molecule has 3 heterocycles. The number of aryl methyl sites for hydroxylation is 1. The van der Waals surface area contributed by atoms with Gasteiger partial charge >= 0.3 is 0 Å². The Hall–Kier alpha value is -2.53. The number of pyridine rings is 1. The fourth-order valence-electron chi connectivity index (χ4n) is 4.40. The molecule has 29 heavy (non-hydrogen) atoms. The molecule has 1 aromatic carbocycles. The van der Waals surface area contributed by atoms with Crippen molar-refractivity contribution in [2.24, 2.45) is 5.92 Å². The SMILES string of the molecule is CC(C)Cc1nc2sc3c(NCc4ccccc4)ncnc3c2c2c1CCCC2. The number of hydrogen-bond donors (Lipinski definition) is 1. The predicted octanol–water partition coefficient (Wildman–Crippen LogP) is 5.93. The molecule has 3 aromatic heterocycles. The molecule has 148 valence electrons. The van der Waals surface area contributed by atoms with Crippen LogP contribution in [0.5, 0.6) is 0 Å². The normalized spacial score (nSPS) is 13.9. The summed E-state index contributed by atoms with van der Waals surface area (Å²) in [6.45, 7) is 5.32. The van der Waals surface area contributed by atoms with Gasteiger partial charge in [0.05, 0.1) is 10.2 Å². The third-order valence-corrected chi connectivity index (χ3v) is 6.79. The van der Waals surface area contributed by atoms with E-state index in [1.165, 1.54) is 40.6 Å². The number of aromatic nitrogens is 3. The van der Waals surface area contributed by atoms with Crippen LogP contribution >= 0.6 is 11.3 Å². The van der Waals surface area contributed by atoms with E-state index in [1.54, 1.807) is 17.7 Å². The lowest BCUT2D eigenvalue weighted by Crippen LogP contribution is -2.11. The van der Waals surface area contributed by atoms with Gasteiger partial charge < -0.3 is 5.32 Å². The Kier molecular flexibility index (Phi) is 4.92. The zero-order valence-corrected chi connectivity index (χ0v) is 17.9. The Bertz CT molecular complexity index is 1160. The van der Waals surface area contributed by atoms with Crippen LogP contribution in [0.25, 0.3) is 20.4 Å². The van der Waals surface area contributed by atoms with E-state index in [2.05, 4.69) is 48.4 Å². The maximum atomic E-state index is 5.15. The zero-order chi connectivity index (χ0) is 19.8. The molecule has 1 aliphatic carbocycles. The van der Waals surface area contributed by atoms with Gasteiger partial charge in [-0.3, -0.25) is 0 Å². The second kappa shape index (κ2) is 7.71. The smallest absolute Gasteiger partial charge is 0.147 e. The van der Waals surface area contributed by atoms with Gasteiger partial charge in [0.25, 0.3) is 0 Å². The standard InChI is InChI=1S/C24H26N4S/c1-15(2)12-19-17-10-6-7-11-18(17)20-21-22(29-24(20)28-19)23(27-14-26-21)25-13-16-8-4-3-5-9-16/h3-5,8-9,14-15H,6-7,10-13H2,1-2H3,(H,25,26,27). The van der Waals surface area contributed by atoms with Gasteiger partial charge in [-0.05, 0) is 54.7 Å². The number of hydrogen-bond acceptors (Lipinski definition) is 5. The van der Waals surface area contributed by atoms with Crippen LogP contribution < -0.4 is 5.32 Å². The molecule has 1 aliphatic rings. The molecule has 4 aromatic rings. The molecule has 0 fully saturated rings. The summed E-state index contributed by atoms with van der Waals surface area (Å²) in [7, 11) is 0. The Morgan fingerprint density at radius 2 is 1.83 bits per heavy atom.